The van der Waals surface area contributed by atoms with Crippen LogP contribution in [0.5, 0.6) is 0 Å². The molecule has 1 N–H and O–H groups in total. The number of amides is 1. The second-order valence-corrected chi connectivity index (χ2v) is 8.59. The van der Waals surface area contributed by atoms with Gasteiger partial charge in [0, 0.05) is 17.1 Å². The quantitative estimate of drug-likeness (QED) is 0.922. The van der Waals surface area contributed by atoms with E-state index in [-0.39, 0.29) is 11.7 Å². The molecule has 1 amide bonds. The summed E-state index contributed by atoms with van der Waals surface area (Å²) in [5.74, 6) is 0.125. The number of carbonyl (C=O) groups is 1. The fraction of sp³-hybridized carbons (Fsp3) is 0.312. The summed E-state index contributed by atoms with van der Waals surface area (Å²) < 4.78 is 25.5. The molecule has 1 aliphatic heterocycles. The third kappa shape index (κ3) is 3.56. The molecule has 0 saturated carbocycles. The van der Waals surface area contributed by atoms with Gasteiger partial charge in [-0.25, -0.2) is 8.42 Å². The van der Waals surface area contributed by atoms with E-state index in [1.807, 2.05) is 30.5 Å². The second kappa shape index (κ2) is 6.33. The molecule has 2 heterocycles. The normalized spacial score (nSPS) is 16.5. The van der Waals surface area contributed by atoms with Crippen LogP contribution in [0.1, 0.15) is 16.9 Å². The Kier molecular flexibility index (Phi) is 4.41. The molecule has 5 nitrogen and oxygen atoms in total. The highest BCUT2D eigenvalue weighted by Gasteiger charge is 2.29. The van der Waals surface area contributed by atoms with E-state index in [2.05, 4.69) is 5.32 Å². The summed E-state index contributed by atoms with van der Waals surface area (Å²) in [6, 6.07) is 9.18. The number of benzene rings is 1. The van der Waals surface area contributed by atoms with Crippen LogP contribution in [0.4, 0.5) is 11.4 Å². The molecule has 1 aromatic carbocycles. The number of carbonyl (C=O) groups excluding carboxylic acids is 1. The topological polar surface area (TPSA) is 66.5 Å². The molecule has 0 atom stereocenters. The SMILES string of the molecule is Cc1cc(NC(=O)Cc2cccs2)ccc1N1CCCS1(=O)=O. The third-order valence-electron chi connectivity index (χ3n) is 3.76. The Hall–Kier alpha value is -1.86. The average Bonchev–Trinajstić information content (AvgIpc) is 3.08. The predicted octanol–water partition coefficient (Wildman–Crippen LogP) is 2.78. The maximum absolute atomic E-state index is 12.0. The van der Waals surface area contributed by atoms with Gasteiger partial charge in [0.15, 0.2) is 0 Å². The molecule has 0 radical (unpaired) electrons. The van der Waals surface area contributed by atoms with Crippen LogP contribution in [0.2, 0.25) is 0 Å². The Morgan fingerprint density at radius 3 is 2.78 bits per heavy atom. The molecule has 3 rings (SSSR count). The van der Waals surface area contributed by atoms with Crippen molar-refractivity contribution in [3.8, 4) is 0 Å². The number of aryl methyl sites for hydroxylation is 1. The van der Waals surface area contributed by atoms with Gasteiger partial charge < -0.3 is 5.32 Å². The van der Waals surface area contributed by atoms with Gasteiger partial charge in [-0.05, 0) is 48.6 Å². The number of thiophene rings is 1. The minimum atomic E-state index is -3.19. The van der Waals surface area contributed by atoms with Crippen LogP contribution in [0.15, 0.2) is 35.7 Å². The van der Waals surface area contributed by atoms with Gasteiger partial charge >= 0.3 is 0 Å². The highest BCUT2D eigenvalue weighted by atomic mass is 32.2. The summed E-state index contributed by atoms with van der Waals surface area (Å²) in [5, 5.41) is 4.80. The van der Waals surface area contributed by atoms with E-state index in [0.29, 0.717) is 30.8 Å². The standard InChI is InChI=1S/C16H18N2O3S2/c1-12-10-13(17-16(19)11-14-4-2-8-22-14)5-6-15(12)18-7-3-9-23(18,20)21/h2,4-6,8,10H,3,7,9,11H2,1H3,(H,17,19). The van der Waals surface area contributed by atoms with Crippen molar-refractivity contribution < 1.29 is 13.2 Å². The van der Waals surface area contributed by atoms with E-state index >= 15 is 0 Å². The van der Waals surface area contributed by atoms with Gasteiger partial charge in [0.1, 0.15) is 0 Å². The third-order valence-corrected chi connectivity index (χ3v) is 6.50. The Morgan fingerprint density at radius 1 is 1.35 bits per heavy atom. The van der Waals surface area contributed by atoms with Crippen LogP contribution in [-0.2, 0) is 21.2 Å². The van der Waals surface area contributed by atoms with Gasteiger partial charge in [0.2, 0.25) is 15.9 Å². The first-order chi connectivity index (χ1) is 11.0. The van der Waals surface area contributed by atoms with Crippen molar-refractivity contribution in [1.29, 1.82) is 0 Å². The molecular formula is C16H18N2O3S2. The number of rotatable bonds is 4. The molecular weight excluding hydrogens is 332 g/mol. The van der Waals surface area contributed by atoms with E-state index in [1.165, 1.54) is 4.31 Å². The lowest BCUT2D eigenvalue weighted by Gasteiger charge is -2.20. The summed E-state index contributed by atoms with van der Waals surface area (Å²) in [6.07, 6.45) is 1.00. The van der Waals surface area contributed by atoms with Crippen molar-refractivity contribution in [2.75, 3.05) is 21.9 Å². The molecule has 1 aromatic heterocycles. The zero-order valence-electron chi connectivity index (χ0n) is 12.8. The van der Waals surface area contributed by atoms with Crippen molar-refractivity contribution in [2.45, 2.75) is 19.8 Å². The predicted molar refractivity (Wildman–Crippen MR) is 93.6 cm³/mol. The number of nitrogens with zero attached hydrogens (tertiary/aromatic N) is 1. The van der Waals surface area contributed by atoms with Crippen molar-refractivity contribution in [1.82, 2.24) is 0 Å². The van der Waals surface area contributed by atoms with Crippen molar-refractivity contribution in [3.05, 3.63) is 46.2 Å². The molecule has 7 heteroatoms. The number of sulfonamides is 1. The summed E-state index contributed by atoms with van der Waals surface area (Å²) in [7, 11) is -3.19. The molecule has 0 aliphatic carbocycles. The number of hydrogen-bond acceptors (Lipinski definition) is 4. The zero-order valence-corrected chi connectivity index (χ0v) is 14.4. The van der Waals surface area contributed by atoms with Crippen LogP contribution in [0.3, 0.4) is 0 Å². The van der Waals surface area contributed by atoms with E-state index in [0.717, 1.165) is 10.4 Å². The lowest BCUT2D eigenvalue weighted by atomic mass is 10.1. The molecule has 122 valence electrons. The Balaban J connectivity index is 1.73. The van der Waals surface area contributed by atoms with E-state index in [4.69, 9.17) is 0 Å². The summed E-state index contributed by atoms with van der Waals surface area (Å²) >= 11 is 1.55. The van der Waals surface area contributed by atoms with E-state index in [9.17, 15) is 13.2 Å². The lowest BCUT2D eigenvalue weighted by Crippen LogP contribution is -2.25. The van der Waals surface area contributed by atoms with E-state index < -0.39 is 10.0 Å². The smallest absolute Gasteiger partial charge is 0.235 e. The number of hydrogen-bond donors (Lipinski definition) is 1. The van der Waals surface area contributed by atoms with Crippen LogP contribution in [0.25, 0.3) is 0 Å². The molecule has 1 fully saturated rings. The van der Waals surface area contributed by atoms with Crippen molar-refractivity contribution in [3.63, 3.8) is 0 Å². The molecule has 0 unspecified atom stereocenters. The minimum Gasteiger partial charge on any atom is -0.326 e. The largest absolute Gasteiger partial charge is 0.326 e. The number of anilines is 2. The van der Waals surface area contributed by atoms with Gasteiger partial charge in [-0.3, -0.25) is 9.10 Å². The maximum atomic E-state index is 12.0. The summed E-state index contributed by atoms with van der Waals surface area (Å²) in [5.41, 5.74) is 2.22. The first kappa shape index (κ1) is 16.0. The maximum Gasteiger partial charge on any atom is 0.235 e. The van der Waals surface area contributed by atoms with Crippen molar-refractivity contribution in [2.24, 2.45) is 0 Å². The van der Waals surface area contributed by atoms with Crippen LogP contribution in [0, 0.1) is 6.92 Å². The summed E-state index contributed by atoms with van der Waals surface area (Å²) in [6.45, 7) is 2.38. The van der Waals surface area contributed by atoms with Crippen LogP contribution >= 0.6 is 11.3 Å². The zero-order chi connectivity index (χ0) is 16.4. The second-order valence-electron chi connectivity index (χ2n) is 5.55. The monoisotopic (exact) mass is 350 g/mol. The highest BCUT2D eigenvalue weighted by molar-refractivity contribution is 7.93. The molecule has 2 aromatic rings. The Labute approximate surface area is 140 Å². The molecule has 23 heavy (non-hydrogen) atoms. The number of nitrogens with one attached hydrogen (secondary N) is 1. The van der Waals surface area contributed by atoms with Gasteiger partial charge in [-0.15, -0.1) is 11.3 Å². The fourth-order valence-electron chi connectivity index (χ4n) is 2.70. The van der Waals surface area contributed by atoms with Crippen LogP contribution < -0.4 is 9.62 Å². The Bertz CT molecular complexity index is 814. The fourth-order valence-corrected chi connectivity index (χ4v) is 5.03. The lowest BCUT2D eigenvalue weighted by molar-refractivity contribution is -0.115. The van der Waals surface area contributed by atoms with Crippen LogP contribution in [-0.4, -0.2) is 26.6 Å². The molecule has 0 spiro atoms. The first-order valence-electron chi connectivity index (χ1n) is 7.39. The summed E-state index contributed by atoms with van der Waals surface area (Å²) in [4.78, 5) is 13.0. The van der Waals surface area contributed by atoms with Crippen molar-refractivity contribution >= 4 is 38.6 Å². The molecule has 1 saturated heterocycles. The Morgan fingerprint density at radius 2 is 2.17 bits per heavy atom. The van der Waals surface area contributed by atoms with Gasteiger partial charge in [0.25, 0.3) is 0 Å². The average molecular weight is 350 g/mol. The first-order valence-corrected chi connectivity index (χ1v) is 9.88. The van der Waals surface area contributed by atoms with E-state index in [1.54, 1.807) is 23.5 Å². The molecule has 0 bridgehead atoms. The van der Waals surface area contributed by atoms with Gasteiger partial charge in [-0.1, -0.05) is 6.07 Å². The van der Waals surface area contributed by atoms with Gasteiger partial charge in [-0.2, -0.15) is 0 Å². The minimum absolute atomic E-state index is 0.0756. The highest BCUT2D eigenvalue weighted by Crippen LogP contribution is 2.29. The molecule has 1 aliphatic rings. The van der Waals surface area contributed by atoms with Gasteiger partial charge in [0.05, 0.1) is 17.9 Å².